The van der Waals surface area contributed by atoms with Crippen molar-refractivity contribution in [3.05, 3.63) is 29.3 Å². The Hall–Kier alpha value is -1.99. The van der Waals surface area contributed by atoms with Gasteiger partial charge in [0.05, 0.1) is 11.3 Å². The number of halogens is 5. The molecule has 3 nitrogen and oxygen atoms in total. The van der Waals surface area contributed by atoms with Crippen molar-refractivity contribution < 1.29 is 31.5 Å². The van der Waals surface area contributed by atoms with Crippen molar-refractivity contribution in [2.24, 2.45) is 0 Å². The number of carbonyl (C=O) groups excluding carboxylic acids is 2. The maximum atomic E-state index is 13.1. The molecule has 2 rings (SSSR count). The minimum absolute atomic E-state index is 0.193. The van der Waals surface area contributed by atoms with Crippen LogP contribution in [0.1, 0.15) is 23.2 Å². The van der Waals surface area contributed by atoms with E-state index in [1.807, 2.05) is 0 Å². The largest absolute Gasteiger partial charge is 0.389 e. The van der Waals surface area contributed by atoms with Crippen molar-refractivity contribution in [3.63, 3.8) is 0 Å². The number of anilines is 1. The molecule has 0 spiro atoms. The van der Waals surface area contributed by atoms with Gasteiger partial charge in [-0.2, -0.15) is 13.2 Å². The summed E-state index contributed by atoms with van der Waals surface area (Å²) in [6, 6.07) is 1.22. The highest BCUT2D eigenvalue weighted by Crippen LogP contribution is 2.32. The Balaban J connectivity index is 2.22. The molecule has 8 heteroatoms. The molecule has 0 aliphatic carbocycles. The SMILES string of the molecule is O=C1C(=O)N(CCCC(F)(F)F)c2cc(F)c(F)cc21. The number of alkyl halides is 3. The topological polar surface area (TPSA) is 37.4 Å². The van der Waals surface area contributed by atoms with Crippen LogP contribution in [-0.2, 0) is 4.79 Å². The summed E-state index contributed by atoms with van der Waals surface area (Å²) in [5.74, 6) is -4.69. The number of benzene rings is 1. The standard InChI is InChI=1S/C12H8F5NO2/c13-7-4-6-9(5-8(7)14)18(11(20)10(6)19)3-1-2-12(15,16)17/h4-5H,1-3H2. The zero-order valence-electron chi connectivity index (χ0n) is 9.93. The average molecular weight is 293 g/mol. The highest BCUT2D eigenvalue weighted by molar-refractivity contribution is 6.52. The molecule has 0 bridgehead atoms. The van der Waals surface area contributed by atoms with Gasteiger partial charge in [-0.25, -0.2) is 8.78 Å². The molecule has 0 atom stereocenters. The van der Waals surface area contributed by atoms with Crippen molar-refractivity contribution in [1.29, 1.82) is 0 Å². The van der Waals surface area contributed by atoms with Crippen LogP contribution in [0.4, 0.5) is 27.6 Å². The fourth-order valence-electron chi connectivity index (χ4n) is 1.95. The molecule has 1 heterocycles. The number of Topliss-reactive ketones (excluding diaryl/α,β-unsaturated/α-hetero) is 1. The van der Waals surface area contributed by atoms with Crippen molar-refractivity contribution in [2.75, 3.05) is 11.4 Å². The van der Waals surface area contributed by atoms with Crippen molar-refractivity contribution in [1.82, 2.24) is 0 Å². The lowest BCUT2D eigenvalue weighted by Gasteiger charge is -2.17. The molecule has 1 aromatic carbocycles. The van der Waals surface area contributed by atoms with Crippen molar-refractivity contribution >= 4 is 17.4 Å². The van der Waals surface area contributed by atoms with E-state index in [1.54, 1.807) is 0 Å². The van der Waals surface area contributed by atoms with Gasteiger partial charge in [0.25, 0.3) is 11.7 Å². The van der Waals surface area contributed by atoms with E-state index in [0.717, 1.165) is 4.90 Å². The van der Waals surface area contributed by atoms with E-state index in [4.69, 9.17) is 0 Å². The number of carbonyl (C=O) groups is 2. The fourth-order valence-corrected chi connectivity index (χ4v) is 1.95. The summed E-state index contributed by atoms with van der Waals surface area (Å²) in [6.45, 7) is -0.387. The maximum Gasteiger partial charge on any atom is 0.389 e. The Bertz CT molecular complexity index is 582. The van der Waals surface area contributed by atoms with Gasteiger partial charge in [-0.3, -0.25) is 9.59 Å². The molecule has 1 amide bonds. The first-order valence-corrected chi connectivity index (χ1v) is 5.62. The minimum Gasteiger partial charge on any atom is -0.305 e. The van der Waals surface area contributed by atoms with E-state index in [-0.39, 0.29) is 17.8 Å². The van der Waals surface area contributed by atoms with Gasteiger partial charge < -0.3 is 4.90 Å². The van der Waals surface area contributed by atoms with Crippen LogP contribution >= 0.6 is 0 Å². The number of amides is 1. The van der Waals surface area contributed by atoms with Crippen LogP contribution < -0.4 is 4.90 Å². The summed E-state index contributed by atoms with van der Waals surface area (Å²) >= 11 is 0. The zero-order chi connectivity index (χ0) is 15.1. The van der Waals surface area contributed by atoms with Crippen LogP contribution in [0.25, 0.3) is 0 Å². The summed E-state index contributed by atoms with van der Waals surface area (Å²) in [4.78, 5) is 23.9. The van der Waals surface area contributed by atoms with E-state index in [1.165, 1.54) is 0 Å². The third kappa shape index (κ3) is 2.63. The number of rotatable bonds is 3. The normalized spacial score (nSPS) is 14.9. The summed E-state index contributed by atoms with van der Waals surface area (Å²) in [5, 5.41) is 0. The van der Waals surface area contributed by atoms with Crippen LogP contribution in [0, 0.1) is 11.6 Å². The van der Waals surface area contributed by atoms with Gasteiger partial charge in [0.2, 0.25) is 0 Å². The van der Waals surface area contributed by atoms with Crippen LogP contribution in [0.15, 0.2) is 12.1 Å². The predicted molar refractivity (Wildman–Crippen MR) is 58.3 cm³/mol. The van der Waals surface area contributed by atoms with Crippen LogP contribution in [0.3, 0.4) is 0 Å². The average Bonchev–Trinajstić information content (AvgIpc) is 2.54. The zero-order valence-corrected chi connectivity index (χ0v) is 9.93. The monoisotopic (exact) mass is 293 g/mol. The molecule has 1 aliphatic heterocycles. The first-order valence-electron chi connectivity index (χ1n) is 5.62. The van der Waals surface area contributed by atoms with E-state index >= 15 is 0 Å². The van der Waals surface area contributed by atoms with Crippen LogP contribution in [0.5, 0.6) is 0 Å². The molecule has 108 valence electrons. The van der Waals surface area contributed by atoms with E-state index in [9.17, 15) is 31.5 Å². The second-order valence-electron chi connectivity index (χ2n) is 4.29. The quantitative estimate of drug-likeness (QED) is 0.635. The lowest BCUT2D eigenvalue weighted by Crippen LogP contribution is -2.31. The first-order chi connectivity index (χ1) is 9.20. The second-order valence-corrected chi connectivity index (χ2v) is 4.29. The highest BCUT2D eigenvalue weighted by Gasteiger charge is 2.37. The van der Waals surface area contributed by atoms with Crippen molar-refractivity contribution in [2.45, 2.75) is 19.0 Å². The van der Waals surface area contributed by atoms with E-state index < -0.39 is 42.3 Å². The van der Waals surface area contributed by atoms with Gasteiger partial charge in [-0.15, -0.1) is 0 Å². The van der Waals surface area contributed by atoms with E-state index in [0.29, 0.717) is 12.1 Å². The van der Waals surface area contributed by atoms with Gasteiger partial charge in [-0.1, -0.05) is 0 Å². The van der Waals surface area contributed by atoms with Gasteiger partial charge in [-0.05, 0) is 12.5 Å². The fraction of sp³-hybridized carbons (Fsp3) is 0.333. The molecule has 20 heavy (non-hydrogen) atoms. The molecule has 0 saturated carbocycles. The predicted octanol–water partition coefficient (Wildman–Crippen LogP) is 2.84. The molecule has 0 N–H and O–H groups in total. The smallest absolute Gasteiger partial charge is 0.305 e. The van der Waals surface area contributed by atoms with Gasteiger partial charge >= 0.3 is 6.18 Å². The maximum absolute atomic E-state index is 13.1. The molecule has 0 saturated heterocycles. The number of nitrogens with zero attached hydrogens (tertiary/aromatic N) is 1. The van der Waals surface area contributed by atoms with Crippen molar-refractivity contribution in [3.8, 4) is 0 Å². The van der Waals surface area contributed by atoms with E-state index in [2.05, 4.69) is 0 Å². The number of hydrogen-bond acceptors (Lipinski definition) is 2. The third-order valence-corrected chi connectivity index (χ3v) is 2.86. The number of hydrogen-bond donors (Lipinski definition) is 0. The Morgan fingerprint density at radius 1 is 1.05 bits per heavy atom. The Morgan fingerprint density at radius 2 is 1.65 bits per heavy atom. The number of fused-ring (bicyclic) bond motifs is 1. The molecule has 0 radical (unpaired) electrons. The molecule has 0 unspecified atom stereocenters. The van der Waals surface area contributed by atoms with Gasteiger partial charge in [0.15, 0.2) is 11.6 Å². The summed E-state index contributed by atoms with van der Waals surface area (Å²) in [6.07, 6.45) is -5.95. The third-order valence-electron chi connectivity index (χ3n) is 2.86. The van der Waals surface area contributed by atoms with Crippen LogP contribution in [0.2, 0.25) is 0 Å². The Labute approximate surface area is 110 Å². The lowest BCUT2D eigenvalue weighted by molar-refractivity contribution is -0.135. The minimum atomic E-state index is -4.39. The Morgan fingerprint density at radius 3 is 2.25 bits per heavy atom. The summed E-state index contributed by atoms with van der Waals surface area (Å²) in [5.41, 5.74) is -0.526. The molecular weight excluding hydrogens is 285 g/mol. The first kappa shape index (κ1) is 14.4. The van der Waals surface area contributed by atoms with Gasteiger partial charge in [0.1, 0.15) is 0 Å². The molecule has 1 aliphatic rings. The molecule has 0 aromatic heterocycles. The molecular formula is C12H8F5NO2. The highest BCUT2D eigenvalue weighted by atomic mass is 19.4. The Kier molecular flexibility index (Phi) is 3.49. The summed E-state index contributed by atoms with van der Waals surface area (Å²) < 4.78 is 62.2. The second kappa shape index (κ2) is 4.84. The molecule has 1 aromatic rings. The van der Waals surface area contributed by atoms with Crippen LogP contribution in [-0.4, -0.2) is 24.4 Å². The number of ketones is 1. The lowest BCUT2D eigenvalue weighted by atomic mass is 10.1. The molecule has 0 fully saturated rings. The van der Waals surface area contributed by atoms with Gasteiger partial charge in [0, 0.05) is 19.0 Å². The summed E-state index contributed by atoms with van der Waals surface area (Å²) in [7, 11) is 0.